The van der Waals surface area contributed by atoms with Crippen molar-refractivity contribution in [1.29, 1.82) is 0 Å². The zero-order valence-corrected chi connectivity index (χ0v) is 13.8. The molecule has 0 aliphatic heterocycles. The summed E-state index contributed by atoms with van der Waals surface area (Å²) in [6, 6.07) is 2.85. The van der Waals surface area contributed by atoms with Gasteiger partial charge >= 0.3 is 0 Å². The van der Waals surface area contributed by atoms with Crippen molar-refractivity contribution in [2.45, 2.75) is 26.2 Å². The number of rotatable bonds is 5. The van der Waals surface area contributed by atoms with E-state index in [-0.39, 0.29) is 29.2 Å². The Bertz CT molecular complexity index is 655. The monoisotopic (exact) mass is 344 g/mol. The van der Waals surface area contributed by atoms with Crippen LogP contribution in [0.4, 0.5) is 17.6 Å². The van der Waals surface area contributed by atoms with Crippen LogP contribution in [0.5, 0.6) is 5.75 Å². The average molecular weight is 344 g/mol. The second-order valence-corrected chi connectivity index (χ2v) is 5.50. The van der Waals surface area contributed by atoms with Gasteiger partial charge in [0.05, 0.1) is 13.7 Å². The summed E-state index contributed by atoms with van der Waals surface area (Å²) in [5.74, 6) is -1.79. The maximum absolute atomic E-state index is 14.4. The van der Waals surface area contributed by atoms with Gasteiger partial charge in [-0.2, -0.15) is 0 Å². The first kappa shape index (κ1) is 18.4. The van der Waals surface area contributed by atoms with Crippen LogP contribution in [0, 0.1) is 11.7 Å². The van der Waals surface area contributed by atoms with Gasteiger partial charge in [-0.3, -0.25) is 0 Å². The minimum absolute atomic E-state index is 0.0745. The number of fused-ring (bicyclic) bond motifs is 1. The molecule has 3 atom stereocenters. The van der Waals surface area contributed by atoms with Gasteiger partial charge < -0.3 is 9.47 Å². The highest BCUT2D eigenvalue weighted by molar-refractivity contribution is 5.75. The van der Waals surface area contributed by atoms with Crippen molar-refractivity contribution >= 4 is 5.57 Å². The van der Waals surface area contributed by atoms with Gasteiger partial charge in [0.25, 0.3) is 0 Å². The van der Waals surface area contributed by atoms with Crippen molar-refractivity contribution in [3.05, 3.63) is 47.0 Å². The molecule has 0 saturated heterocycles. The fourth-order valence-electron chi connectivity index (χ4n) is 2.82. The van der Waals surface area contributed by atoms with Crippen LogP contribution < -0.4 is 4.74 Å². The maximum Gasteiger partial charge on any atom is 0.171 e. The van der Waals surface area contributed by atoms with E-state index < -0.39 is 30.8 Å². The number of hydrogen-bond acceptors (Lipinski definition) is 2. The molecule has 0 spiro atoms. The Hall–Kier alpha value is -1.98. The quantitative estimate of drug-likeness (QED) is 0.546. The van der Waals surface area contributed by atoms with Crippen LogP contribution in [-0.4, -0.2) is 26.6 Å². The summed E-state index contributed by atoms with van der Waals surface area (Å²) in [4.78, 5) is 0. The summed E-state index contributed by atoms with van der Waals surface area (Å²) in [6.45, 7) is 2.69. The SMILES string of the molecule is CCO/C(=C/C=C1/c2ccc(OC)c(F)c2C(F)C(F)C1C)CF. The van der Waals surface area contributed by atoms with Crippen molar-refractivity contribution in [3.63, 3.8) is 0 Å². The third-order valence-electron chi connectivity index (χ3n) is 4.11. The van der Waals surface area contributed by atoms with E-state index in [4.69, 9.17) is 9.47 Å². The molecule has 0 heterocycles. The van der Waals surface area contributed by atoms with Crippen LogP contribution in [0.15, 0.2) is 30.0 Å². The molecular weight excluding hydrogens is 324 g/mol. The van der Waals surface area contributed by atoms with E-state index in [1.807, 2.05) is 0 Å². The summed E-state index contributed by atoms with van der Waals surface area (Å²) >= 11 is 0. The fourth-order valence-corrected chi connectivity index (χ4v) is 2.82. The smallest absolute Gasteiger partial charge is 0.171 e. The summed E-state index contributed by atoms with van der Waals surface area (Å²) in [7, 11) is 1.26. The van der Waals surface area contributed by atoms with Crippen LogP contribution in [0.1, 0.15) is 31.1 Å². The summed E-state index contributed by atoms with van der Waals surface area (Å²) in [6.07, 6.45) is -1.16. The fraction of sp³-hybridized carbons (Fsp3) is 0.444. The number of benzene rings is 1. The number of methoxy groups -OCH3 is 1. The van der Waals surface area contributed by atoms with Gasteiger partial charge in [-0.15, -0.1) is 0 Å². The zero-order chi connectivity index (χ0) is 17.9. The highest BCUT2D eigenvalue weighted by Crippen LogP contribution is 2.47. The van der Waals surface area contributed by atoms with Crippen molar-refractivity contribution < 1.29 is 27.0 Å². The van der Waals surface area contributed by atoms with Gasteiger partial charge in [-0.25, -0.2) is 17.6 Å². The number of halogens is 4. The molecule has 24 heavy (non-hydrogen) atoms. The zero-order valence-electron chi connectivity index (χ0n) is 13.8. The van der Waals surface area contributed by atoms with Gasteiger partial charge in [-0.1, -0.05) is 19.1 Å². The standard InChI is InChI=1S/C18H20F4O2/c1-4-24-11(9-19)5-6-12-10(2)16(20)18(22)15-13(12)7-8-14(23-3)17(15)21/h5-8,10,16,18H,4,9H2,1-3H3/b11-5+,12-6+. The lowest BCUT2D eigenvalue weighted by atomic mass is 9.77. The van der Waals surface area contributed by atoms with E-state index in [0.717, 1.165) is 0 Å². The molecule has 132 valence electrons. The predicted molar refractivity (Wildman–Crippen MR) is 84.5 cm³/mol. The Morgan fingerprint density at radius 2 is 2.00 bits per heavy atom. The molecule has 2 rings (SSSR count). The lowest BCUT2D eigenvalue weighted by Gasteiger charge is -2.31. The summed E-state index contributed by atoms with van der Waals surface area (Å²) in [5, 5.41) is 0. The highest BCUT2D eigenvalue weighted by atomic mass is 19.2. The minimum atomic E-state index is -2.08. The first-order valence-electron chi connectivity index (χ1n) is 7.70. The van der Waals surface area contributed by atoms with Crippen LogP contribution >= 0.6 is 0 Å². The molecule has 6 heteroatoms. The molecule has 1 aromatic carbocycles. The van der Waals surface area contributed by atoms with E-state index in [2.05, 4.69) is 0 Å². The highest BCUT2D eigenvalue weighted by Gasteiger charge is 2.40. The lowest BCUT2D eigenvalue weighted by molar-refractivity contribution is 0.129. The van der Waals surface area contributed by atoms with E-state index in [1.54, 1.807) is 6.92 Å². The van der Waals surface area contributed by atoms with Crippen molar-refractivity contribution in [2.24, 2.45) is 5.92 Å². The number of alkyl halides is 3. The largest absolute Gasteiger partial charge is 0.495 e. The van der Waals surface area contributed by atoms with Crippen molar-refractivity contribution in [3.8, 4) is 5.75 Å². The van der Waals surface area contributed by atoms with Gasteiger partial charge in [0, 0.05) is 11.5 Å². The van der Waals surface area contributed by atoms with Gasteiger partial charge in [-0.05, 0) is 30.2 Å². The first-order valence-corrected chi connectivity index (χ1v) is 7.70. The molecule has 1 aromatic rings. The second kappa shape index (κ2) is 7.73. The minimum Gasteiger partial charge on any atom is -0.495 e. The molecule has 3 unspecified atom stereocenters. The van der Waals surface area contributed by atoms with Crippen molar-refractivity contribution in [2.75, 3.05) is 20.4 Å². The molecule has 0 bridgehead atoms. The van der Waals surface area contributed by atoms with E-state index in [9.17, 15) is 17.6 Å². The normalized spacial score (nSPS) is 25.5. The first-order chi connectivity index (χ1) is 11.5. The molecule has 0 aromatic heterocycles. The third kappa shape index (κ3) is 3.28. The third-order valence-corrected chi connectivity index (χ3v) is 4.11. The van der Waals surface area contributed by atoms with E-state index >= 15 is 0 Å². The van der Waals surface area contributed by atoms with Gasteiger partial charge in [0.2, 0.25) is 0 Å². The van der Waals surface area contributed by atoms with Crippen molar-refractivity contribution in [1.82, 2.24) is 0 Å². The van der Waals surface area contributed by atoms with E-state index in [0.29, 0.717) is 5.57 Å². The summed E-state index contributed by atoms with van der Waals surface area (Å²) < 4.78 is 65.9. The Morgan fingerprint density at radius 3 is 2.58 bits per heavy atom. The molecule has 0 saturated carbocycles. The van der Waals surface area contributed by atoms with E-state index in [1.165, 1.54) is 38.3 Å². The molecular formula is C18H20F4O2. The van der Waals surface area contributed by atoms with Crippen LogP contribution in [0.3, 0.4) is 0 Å². The Morgan fingerprint density at radius 1 is 1.29 bits per heavy atom. The van der Waals surface area contributed by atoms with Gasteiger partial charge in [0.1, 0.15) is 18.6 Å². The maximum atomic E-state index is 14.4. The molecule has 1 aliphatic rings. The van der Waals surface area contributed by atoms with Crippen LogP contribution in [0.25, 0.3) is 5.57 Å². The Kier molecular flexibility index (Phi) is 5.91. The number of allylic oxidation sites excluding steroid dienone is 4. The molecule has 0 fully saturated rings. The topological polar surface area (TPSA) is 18.5 Å². The second-order valence-electron chi connectivity index (χ2n) is 5.50. The Labute approximate surface area is 138 Å². The number of hydrogen-bond donors (Lipinski definition) is 0. The predicted octanol–water partition coefficient (Wildman–Crippen LogP) is 5.11. The number of ether oxygens (including phenoxy) is 2. The lowest BCUT2D eigenvalue weighted by Crippen LogP contribution is -2.27. The van der Waals surface area contributed by atoms with Crippen LogP contribution in [0.2, 0.25) is 0 Å². The molecule has 2 nitrogen and oxygen atoms in total. The molecule has 1 aliphatic carbocycles. The average Bonchev–Trinajstić information content (AvgIpc) is 2.58. The molecule has 0 amide bonds. The summed E-state index contributed by atoms with van der Waals surface area (Å²) in [5.41, 5.74) is 0.282. The van der Waals surface area contributed by atoms with Gasteiger partial charge in [0.15, 0.2) is 17.7 Å². The Balaban J connectivity index is 2.58. The molecule has 0 N–H and O–H groups in total. The molecule has 0 radical (unpaired) electrons. The van der Waals surface area contributed by atoms with Crippen LogP contribution in [-0.2, 0) is 4.74 Å².